The molecule has 0 atom stereocenters. The Balaban J connectivity index is 1.85. The predicted octanol–water partition coefficient (Wildman–Crippen LogP) is 3.39. The van der Waals surface area contributed by atoms with Gasteiger partial charge in [-0.15, -0.1) is 0 Å². The van der Waals surface area contributed by atoms with E-state index in [-0.39, 0.29) is 44.6 Å². The summed E-state index contributed by atoms with van der Waals surface area (Å²) in [5, 5.41) is 2.58. The molecule has 10 heteroatoms. The molecule has 2 aromatic heterocycles. The summed E-state index contributed by atoms with van der Waals surface area (Å²) in [5.41, 5.74) is -0.963. The summed E-state index contributed by atoms with van der Waals surface area (Å²) >= 11 is 3.16. The Hall–Kier alpha value is -3.53. The molecule has 31 heavy (non-hydrogen) atoms. The van der Waals surface area contributed by atoms with Gasteiger partial charge in [0, 0.05) is 30.3 Å². The Morgan fingerprint density at radius 2 is 1.94 bits per heavy atom. The Bertz CT molecular complexity index is 1480. The van der Waals surface area contributed by atoms with Gasteiger partial charge in [-0.05, 0) is 46.3 Å². The van der Waals surface area contributed by atoms with Crippen molar-refractivity contribution in [3.8, 4) is 5.75 Å². The number of fused-ring (bicyclic) bond motifs is 3. The van der Waals surface area contributed by atoms with E-state index in [1.54, 1.807) is 0 Å². The van der Waals surface area contributed by atoms with E-state index in [0.29, 0.717) is 0 Å². The Kier molecular flexibility index (Phi) is 5.32. The summed E-state index contributed by atoms with van der Waals surface area (Å²) in [6.07, 6.45) is 0. The van der Waals surface area contributed by atoms with Crippen LogP contribution < -0.4 is 21.2 Å². The molecule has 0 aliphatic carbocycles. The van der Waals surface area contributed by atoms with Gasteiger partial charge in [0.15, 0.2) is 0 Å². The zero-order valence-electron chi connectivity index (χ0n) is 15.9. The maximum atomic E-state index is 13.9. The minimum atomic E-state index is -0.798. The molecular formula is C21H13BrF2N2O5. The molecule has 0 spiro atoms. The first-order valence-electron chi connectivity index (χ1n) is 8.91. The Labute approximate surface area is 181 Å². The molecule has 158 valence electrons. The summed E-state index contributed by atoms with van der Waals surface area (Å²) in [5.74, 6) is -1.92. The number of benzene rings is 2. The Morgan fingerprint density at radius 3 is 2.65 bits per heavy atom. The maximum absolute atomic E-state index is 13.9. The average molecular weight is 491 g/mol. The van der Waals surface area contributed by atoms with E-state index >= 15 is 0 Å². The second-order valence-corrected chi connectivity index (χ2v) is 7.32. The number of carbonyl (C=O) groups excluding carboxylic acids is 1. The zero-order chi connectivity index (χ0) is 22.3. The van der Waals surface area contributed by atoms with Crippen molar-refractivity contribution in [2.45, 2.75) is 6.61 Å². The first-order chi connectivity index (χ1) is 14.8. The molecule has 2 aromatic carbocycles. The number of amides is 1. The van der Waals surface area contributed by atoms with Crippen LogP contribution in [0.1, 0.15) is 15.9 Å². The van der Waals surface area contributed by atoms with Crippen molar-refractivity contribution in [1.29, 1.82) is 0 Å². The van der Waals surface area contributed by atoms with Gasteiger partial charge in [-0.3, -0.25) is 9.59 Å². The van der Waals surface area contributed by atoms with E-state index in [2.05, 4.69) is 21.2 Å². The van der Waals surface area contributed by atoms with Crippen LogP contribution in [0.4, 0.5) is 8.78 Å². The average Bonchev–Trinajstić information content (AvgIpc) is 2.75. The number of pyridine rings is 1. The van der Waals surface area contributed by atoms with Crippen LogP contribution in [0.3, 0.4) is 0 Å². The largest absolute Gasteiger partial charge is 0.487 e. The fraction of sp³-hybridized carbons (Fsp3) is 0.0952. The number of hydrogen-bond acceptors (Lipinski definition) is 5. The van der Waals surface area contributed by atoms with Gasteiger partial charge in [0.2, 0.25) is 5.71 Å². The minimum absolute atomic E-state index is 0.00122. The molecule has 4 aromatic rings. The molecule has 0 aliphatic heterocycles. The molecular weight excluding hydrogens is 478 g/mol. The number of hydrogen-bond donors (Lipinski definition) is 1. The number of carbonyl (C=O) groups is 1. The third kappa shape index (κ3) is 3.70. The standard InChI is InChI=1S/C21H13BrF2N2O5/c1-25-19(27)10-3-5-13-15(6-10)26-17(31-21(13)29)8-16(18(22)20(26)28)30-9-11-2-4-12(23)7-14(11)24/h2-8H,9H2,1H3,(H,25,27). The molecule has 0 unspecified atom stereocenters. The number of rotatable bonds is 4. The van der Waals surface area contributed by atoms with Crippen LogP contribution in [0, 0.1) is 11.6 Å². The summed E-state index contributed by atoms with van der Waals surface area (Å²) in [6.45, 7) is -0.293. The van der Waals surface area contributed by atoms with Gasteiger partial charge in [-0.1, -0.05) is 0 Å². The van der Waals surface area contributed by atoms with Crippen molar-refractivity contribution in [3.63, 3.8) is 0 Å². The monoisotopic (exact) mass is 490 g/mol. The van der Waals surface area contributed by atoms with Crippen molar-refractivity contribution in [2.75, 3.05) is 7.05 Å². The number of nitrogens with one attached hydrogen (secondary N) is 1. The van der Waals surface area contributed by atoms with Crippen LogP contribution in [-0.4, -0.2) is 17.4 Å². The molecule has 0 saturated carbocycles. The van der Waals surface area contributed by atoms with Crippen molar-refractivity contribution >= 4 is 38.5 Å². The summed E-state index contributed by atoms with van der Waals surface area (Å²) in [4.78, 5) is 37.4. The highest BCUT2D eigenvalue weighted by Crippen LogP contribution is 2.26. The zero-order valence-corrected chi connectivity index (χ0v) is 17.5. The molecule has 2 heterocycles. The number of aromatic nitrogens is 1. The van der Waals surface area contributed by atoms with Crippen LogP contribution in [-0.2, 0) is 6.61 Å². The van der Waals surface area contributed by atoms with E-state index in [0.717, 1.165) is 16.5 Å². The van der Waals surface area contributed by atoms with Crippen molar-refractivity contribution in [2.24, 2.45) is 0 Å². The summed E-state index contributed by atoms with van der Waals surface area (Å²) in [7, 11) is 1.46. The molecule has 1 amide bonds. The van der Waals surface area contributed by atoms with Crippen LogP contribution in [0.5, 0.6) is 5.75 Å². The third-order valence-electron chi connectivity index (χ3n) is 4.63. The van der Waals surface area contributed by atoms with Gasteiger partial charge in [0.05, 0.1) is 10.9 Å². The first kappa shape index (κ1) is 20.7. The maximum Gasteiger partial charge on any atom is 0.346 e. The lowest BCUT2D eigenvalue weighted by molar-refractivity contribution is 0.0963. The molecule has 0 radical (unpaired) electrons. The van der Waals surface area contributed by atoms with Crippen molar-refractivity contribution < 1.29 is 22.7 Å². The molecule has 4 rings (SSSR count). The van der Waals surface area contributed by atoms with Gasteiger partial charge in [0.1, 0.15) is 28.5 Å². The van der Waals surface area contributed by atoms with Crippen LogP contribution in [0.15, 0.2) is 60.9 Å². The van der Waals surface area contributed by atoms with Crippen LogP contribution in [0.25, 0.3) is 16.6 Å². The third-order valence-corrected chi connectivity index (χ3v) is 5.36. The van der Waals surface area contributed by atoms with Gasteiger partial charge in [-0.25, -0.2) is 18.0 Å². The van der Waals surface area contributed by atoms with E-state index in [1.807, 2.05) is 0 Å². The van der Waals surface area contributed by atoms with Crippen LogP contribution >= 0.6 is 15.9 Å². The van der Waals surface area contributed by atoms with E-state index in [9.17, 15) is 23.2 Å². The second-order valence-electron chi connectivity index (χ2n) is 6.53. The number of halogens is 3. The highest BCUT2D eigenvalue weighted by molar-refractivity contribution is 9.10. The van der Waals surface area contributed by atoms with Crippen molar-refractivity contribution in [3.05, 3.63) is 90.5 Å². The van der Waals surface area contributed by atoms with E-state index in [4.69, 9.17) is 9.15 Å². The molecule has 0 bridgehead atoms. The first-order valence-corrected chi connectivity index (χ1v) is 9.70. The Morgan fingerprint density at radius 1 is 1.16 bits per heavy atom. The highest BCUT2D eigenvalue weighted by Gasteiger charge is 2.17. The molecule has 0 saturated heterocycles. The van der Waals surface area contributed by atoms with Gasteiger partial charge in [0.25, 0.3) is 11.5 Å². The predicted molar refractivity (Wildman–Crippen MR) is 111 cm³/mol. The summed E-state index contributed by atoms with van der Waals surface area (Å²) in [6, 6.07) is 8.56. The topological polar surface area (TPSA) is 90.0 Å². The van der Waals surface area contributed by atoms with Gasteiger partial charge < -0.3 is 14.5 Å². The van der Waals surface area contributed by atoms with E-state index < -0.39 is 28.7 Å². The van der Waals surface area contributed by atoms with E-state index in [1.165, 1.54) is 37.4 Å². The van der Waals surface area contributed by atoms with Crippen molar-refractivity contribution in [1.82, 2.24) is 9.72 Å². The second kappa shape index (κ2) is 7.95. The molecule has 0 aliphatic rings. The lowest BCUT2D eigenvalue weighted by atomic mass is 10.1. The van der Waals surface area contributed by atoms with Crippen LogP contribution in [0.2, 0.25) is 0 Å². The lowest BCUT2D eigenvalue weighted by Crippen LogP contribution is -2.21. The number of ether oxygens (including phenoxy) is 1. The SMILES string of the molecule is CNC(=O)c1ccc2c(=O)oc3cc(OCc4ccc(F)cc4F)c(Br)c(=O)n3c2c1. The van der Waals surface area contributed by atoms with Gasteiger partial charge >= 0.3 is 5.63 Å². The fourth-order valence-corrected chi connectivity index (χ4v) is 3.48. The molecule has 1 N–H and O–H groups in total. The smallest absolute Gasteiger partial charge is 0.346 e. The quantitative estimate of drug-likeness (QED) is 0.443. The summed E-state index contributed by atoms with van der Waals surface area (Å²) < 4.78 is 38.8. The lowest BCUT2D eigenvalue weighted by Gasteiger charge is -2.12. The molecule has 0 fully saturated rings. The molecule has 7 nitrogen and oxygen atoms in total. The highest BCUT2D eigenvalue weighted by atomic mass is 79.9. The van der Waals surface area contributed by atoms with Gasteiger partial charge in [-0.2, -0.15) is 0 Å². The fourth-order valence-electron chi connectivity index (χ4n) is 3.07. The normalized spacial score (nSPS) is 11.1. The number of nitrogens with zero attached hydrogens (tertiary/aromatic N) is 1. The minimum Gasteiger partial charge on any atom is -0.487 e.